The standard InChI is InChI=1S/C23H28FN9O2/c1-23(2,3)17-10-18(32(6)30-17)28-21(34)27-16-9-14(7-8-15(16)24)33-12-13-11-26-20(25-4)29-19(13)31(5)22(33)35/h7-11H,12H2,1-6H3,(H,25,26,29)(H2,27,28,34). The molecular weight excluding hydrogens is 453 g/mol. The Morgan fingerprint density at radius 3 is 2.54 bits per heavy atom. The molecule has 0 saturated heterocycles. The Hall–Kier alpha value is -4.22. The van der Waals surface area contributed by atoms with Crippen LogP contribution in [0.5, 0.6) is 0 Å². The van der Waals surface area contributed by atoms with Crippen LogP contribution in [0, 0.1) is 5.82 Å². The van der Waals surface area contributed by atoms with E-state index in [2.05, 4.69) is 31.0 Å². The van der Waals surface area contributed by atoms with Gasteiger partial charge in [-0.1, -0.05) is 20.8 Å². The molecule has 0 bridgehead atoms. The van der Waals surface area contributed by atoms with Gasteiger partial charge in [-0.3, -0.25) is 19.8 Å². The molecule has 0 aliphatic carbocycles. The molecule has 0 saturated carbocycles. The minimum atomic E-state index is -0.635. The highest BCUT2D eigenvalue weighted by Gasteiger charge is 2.31. The summed E-state index contributed by atoms with van der Waals surface area (Å²) < 4.78 is 16.1. The maximum absolute atomic E-state index is 14.6. The van der Waals surface area contributed by atoms with Crippen molar-refractivity contribution in [3.63, 3.8) is 0 Å². The van der Waals surface area contributed by atoms with Crippen LogP contribution in [0.25, 0.3) is 0 Å². The summed E-state index contributed by atoms with van der Waals surface area (Å²) in [4.78, 5) is 37.1. The summed E-state index contributed by atoms with van der Waals surface area (Å²) >= 11 is 0. The molecule has 1 aliphatic rings. The van der Waals surface area contributed by atoms with Crippen molar-refractivity contribution in [3.8, 4) is 0 Å². The number of hydrogen-bond acceptors (Lipinski definition) is 6. The highest BCUT2D eigenvalue weighted by Crippen LogP contribution is 2.32. The van der Waals surface area contributed by atoms with Gasteiger partial charge < -0.3 is 10.6 Å². The van der Waals surface area contributed by atoms with Gasteiger partial charge >= 0.3 is 12.1 Å². The molecule has 4 amide bonds. The third-order valence-electron chi connectivity index (χ3n) is 5.63. The van der Waals surface area contributed by atoms with E-state index in [1.807, 2.05) is 20.8 Å². The smallest absolute Gasteiger partial charge is 0.330 e. The molecule has 12 heteroatoms. The van der Waals surface area contributed by atoms with Crippen LogP contribution in [0.4, 0.5) is 42.9 Å². The van der Waals surface area contributed by atoms with E-state index in [0.717, 1.165) is 11.3 Å². The number of hydrogen-bond donors (Lipinski definition) is 3. The van der Waals surface area contributed by atoms with Gasteiger partial charge in [0.1, 0.15) is 17.5 Å². The first kappa shape index (κ1) is 23.9. The molecule has 4 rings (SSSR count). The Balaban J connectivity index is 1.55. The first-order chi connectivity index (χ1) is 16.5. The number of anilines is 5. The number of halogens is 1. The molecule has 3 aromatic rings. The zero-order valence-electron chi connectivity index (χ0n) is 20.5. The lowest BCUT2D eigenvalue weighted by atomic mass is 9.92. The number of carbonyl (C=O) groups excluding carboxylic acids is 2. The highest BCUT2D eigenvalue weighted by atomic mass is 19.1. The second kappa shape index (κ2) is 8.85. The Labute approximate surface area is 202 Å². The average molecular weight is 482 g/mol. The summed E-state index contributed by atoms with van der Waals surface area (Å²) in [6.07, 6.45) is 1.64. The van der Waals surface area contributed by atoms with Crippen LogP contribution in [0.15, 0.2) is 30.5 Å². The van der Waals surface area contributed by atoms with Crippen LogP contribution in [0.2, 0.25) is 0 Å². The first-order valence-electron chi connectivity index (χ1n) is 11.0. The summed E-state index contributed by atoms with van der Waals surface area (Å²) in [5.74, 6) is 0.731. The number of benzene rings is 1. The topological polar surface area (TPSA) is 120 Å². The molecule has 2 aromatic heterocycles. The van der Waals surface area contributed by atoms with E-state index < -0.39 is 11.8 Å². The van der Waals surface area contributed by atoms with E-state index in [-0.39, 0.29) is 23.7 Å². The molecule has 0 radical (unpaired) electrons. The third-order valence-corrected chi connectivity index (χ3v) is 5.63. The molecule has 0 spiro atoms. The number of amides is 4. The molecule has 184 valence electrons. The van der Waals surface area contributed by atoms with E-state index in [1.54, 1.807) is 38.1 Å². The summed E-state index contributed by atoms with van der Waals surface area (Å²) in [6, 6.07) is 4.89. The van der Waals surface area contributed by atoms with Gasteiger partial charge in [0.05, 0.1) is 17.9 Å². The third kappa shape index (κ3) is 4.72. The van der Waals surface area contributed by atoms with Crippen LogP contribution < -0.4 is 25.8 Å². The molecule has 1 aliphatic heterocycles. The highest BCUT2D eigenvalue weighted by molar-refractivity contribution is 6.06. The van der Waals surface area contributed by atoms with Crippen molar-refractivity contribution in [1.82, 2.24) is 19.7 Å². The van der Waals surface area contributed by atoms with Crippen LogP contribution in [-0.2, 0) is 19.0 Å². The lowest BCUT2D eigenvalue weighted by Gasteiger charge is -2.34. The lowest BCUT2D eigenvalue weighted by Crippen LogP contribution is -2.46. The zero-order chi connectivity index (χ0) is 25.5. The van der Waals surface area contributed by atoms with Gasteiger partial charge in [0, 0.05) is 50.1 Å². The molecule has 0 unspecified atom stereocenters. The molecule has 35 heavy (non-hydrogen) atoms. The van der Waals surface area contributed by atoms with Gasteiger partial charge in [-0.05, 0) is 18.2 Å². The Kier molecular flexibility index (Phi) is 6.05. The molecule has 1 aromatic carbocycles. The molecule has 3 N–H and O–H groups in total. The number of urea groups is 2. The summed E-state index contributed by atoms with van der Waals surface area (Å²) in [5, 5.41) is 12.5. The van der Waals surface area contributed by atoms with E-state index in [4.69, 9.17) is 0 Å². The molecule has 0 fully saturated rings. The fourth-order valence-corrected chi connectivity index (χ4v) is 3.63. The van der Waals surface area contributed by atoms with Crippen molar-refractivity contribution in [3.05, 3.63) is 47.5 Å². The first-order valence-corrected chi connectivity index (χ1v) is 11.0. The quantitative estimate of drug-likeness (QED) is 0.520. The average Bonchev–Trinajstić information content (AvgIpc) is 3.18. The number of rotatable bonds is 4. The van der Waals surface area contributed by atoms with Gasteiger partial charge in [-0.25, -0.2) is 19.0 Å². The number of carbonyl (C=O) groups is 2. The monoisotopic (exact) mass is 481 g/mol. The van der Waals surface area contributed by atoms with E-state index >= 15 is 0 Å². The van der Waals surface area contributed by atoms with E-state index in [9.17, 15) is 14.0 Å². The van der Waals surface area contributed by atoms with Crippen molar-refractivity contribution in [2.75, 3.05) is 39.8 Å². The van der Waals surface area contributed by atoms with Crippen LogP contribution >= 0.6 is 0 Å². The Bertz CT molecular complexity index is 1300. The predicted octanol–water partition coefficient (Wildman–Crippen LogP) is 3.91. The van der Waals surface area contributed by atoms with Crippen molar-refractivity contribution in [2.24, 2.45) is 7.05 Å². The lowest BCUT2D eigenvalue weighted by molar-refractivity contribution is 0.251. The fourth-order valence-electron chi connectivity index (χ4n) is 3.63. The van der Waals surface area contributed by atoms with Gasteiger partial charge in [-0.15, -0.1) is 0 Å². The minimum absolute atomic E-state index is 0.0683. The fraction of sp³-hybridized carbons (Fsp3) is 0.348. The predicted molar refractivity (Wildman–Crippen MR) is 133 cm³/mol. The summed E-state index contributed by atoms with van der Waals surface area (Å²) in [6.45, 7) is 6.25. The molecule has 11 nitrogen and oxygen atoms in total. The van der Waals surface area contributed by atoms with Crippen molar-refractivity contribution in [2.45, 2.75) is 32.7 Å². The number of nitrogens with zero attached hydrogens (tertiary/aromatic N) is 6. The second-order valence-electron chi connectivity index (χ2n) is 9.25. The maximum Gasteiger partial charge on any atom is 0.330 e. The van der Waals surface area contributed by atoms with Crippen molar-refractivity contribution >= 4 is 41.0 Å². The normalized spacial score (nSPS) is 13.5. The van der Waals surface area contributed by atoms with E-state index in [0.29, 0.717) is 23.3 Å². The number of aryl methyl sites for hydroxylation is 1. The molecular formula is C23H28FN9O2. The van der Waals surface area contributed by atoms with Gasteiger partial charge in [0.2, 0.25) is 5.95 Å². The maximum atomic E-state index is 14.6. The van der Waals surface area contributed by atoms with Crippen LogP contribution in [0.3, 0.4) is 0 Å². The minimum Gasteiger partial charge on any atom is -0.357 e. The molecule has 0 atom stereocenters. The number of aromatic nitrogens is 4. The number of nitrogens with one attached hydrogen (secondary N) is 3. The van der Waals surface area contributed by atoms with Gasteiger partial charge in [0.25, 0.3) is 0 Å². The van der Waals surface area contributed by atoms with Crippen molar-refractivity contribution < 1.29 is 14.0 Å². The summed E-state index contributed by atoms with van der Waals surface area (Å²) in [7, 11) is 5.01. The van der Waals surface area contributed by atoms with Gasteiger partial charge in [-0.2, -0.15) is 10.1 Å². The van der Waals surface area contributed by atoms with Crippen LogP contribution in [-0.4, -0.2) is 45.9 Å². The number of fused-ring (bicyclic) bond motifs is 1. The largest absolute Gasteiger partial charge is 0.357 e. The zero-order valence-corrected chi connectivity index (χ0v) is 20.5. The Morgan fingerprint density at radius 1 is 1.14 bits per heavy atom. The second-order valence-corrected chi connectivity index (χ2v) is 9.25. The van der Waals surface area contributed by atoms with Crippen LogP contribution in [0.1, 0.15) is 32.0 Å². The molecule has 3 heterocycles. The SMILES string of the molecule is CNc1ncc2c(n1)N(C)C(=O)N(c1ccc(F)c(NC(=O)Nc3cc(C(C)(C)C)nn3C)c1)C2. The Morgan fingerprint density at radius 2 is 1.89 bits per heavy atom. The van der Waals surface area contributed by atoms with Crippen molar-refractivity contribution in [1.29, 1.82) is 0 Å². The summed E-state index contributed by atoms with van der Waals surface area (Å²) in [5.41, 5.74) is 1.69. The van der Waals surface area contributed by atoms with E-state index in [1.165, 1.54) is 28.0 Å². The van der Waals surface area contributed by atoms with Gasteiger partial charge in [0.15, 0.2) is 0 Å².